The lowest BCUT2D eigenvalue weighted by molar-refractivity contribution is -0.129. The van der Waals surface area contributed by atoms with Crippen LogP contribution in [0.15, 0.2) is 6.20 Å². The lowest BCUT2D eigenvalue weighted by atomic mass is 9.97. The fraction of sp³-hybridized carbons (Fsp3) is 0.688. The number of rotatable bonds is 7. The van der Waals surface area contributed by atoms with Crippen LogP contribution in [0.25, 0.3) is 0 Å². The number of hydrogen-bond acceptors (Lipinski definition) is 6. The number of aromatic nitrogens is 1. The number of carbonyl (C=O) groups is 2. The molecular weight excluding hydrogens is 328 g/mol. The number of amides is 2. The van der Waals surface area contributed by atoms with E-state index in [1.807, 2.05) is 20.0 Å². The topological polar surface area (TPSA) is 92.3 Å². The number of hydrogen-bond donors (Lipinski definition) is 3. The molecule has 3 N–H and O–H groups in total. The molecule has 1 aromatic rings. The third-order valence-corrected chi connectivity index (χ3v) is 5.11. The SMILES string of the molecule is COCC(=O)N[C@H](C(=O)Nc1ncc(C2CCNCC2)s1)C(C)C. The van der Waals surface area contributed by atoms with Gasteiger partial charge in [0, 0.05) is 18.2 Å². The lowest BCUT2D eigenvalue weighted by Gasteiger charge is -2.21. The minimum atomic E-state index is -0.612. The molecule has 1 aliphatic heterocycles. The van der Waals surface area contributed by atoms with E-state index in [4.69, 9.17) is 4.74 Å². The fourth-order valence-electron chi connectivity index (χ4n) is 2.70. The van der Waals surface area contributed by atoms with Crippen LogP contribution in [0, 0.1) is 5.92 Å². The molecule has 0 radical (unpaired) electrons. The first-order chi connectivity index (χ1) is 11.5. The maximum Gasteiger partial charge on any atom is 0.248 e. The second kappa shape index (κ2) is 9.10. The van der Waals surface area contributed by atoms with Gasteiger partial charge in [-0.1, -0.05) is 13.8 Å². The summed E-state index contributed by atoms with van der Waals surface area (Å²) >= 11 is 1.52. The third-order valence-electron chi connectivity index (χ3n) is 4.04. The van der Waals surface area contributed by atoms with Crippen molar-refractivity contribution < 1.29 is 14.3 Å². The highest BCUT2D eigenvalue weighted by atomic mass is 32.1. The second-order valence-electron chi connectivity index (χ2n) is 6.30. The van der Waals surface area contributed by atoms with Crippen LogP contribution in [0.4, 0.5) is 5.13 Å². The summed E-state index contributed by atoms with van der Waals surface area (Å²) in [5.41, 5.74) is 0. The molecule has 1 aliphatic rings. The molecule has 0 bridgehead atoms. The predicted octanol–water partition coefficient (Wildman–Crippen LogP) is 1.34. The molecule has 0 aliphatic carbocycles. The molecule has 24 heavy (non-hydrogen) atoms. The van der Waals surface area contributed by atoms with Crippen molar-refractivity contribution in [3.63, 3.8) is 0 Å². The Morgan fingerprint density at radius 3 is 2.75 bits per heavy atom. The number of methoxy groups -OCH3 is 1. The molecule has 2 heterocycles. The van der Waals surface area contributed by atoms with Gasteiger partial charge in [0.05, 0.1) is 0 Å². The van der Waals surface area contributed by atoms with E-state index in [0.29, 0.717) is 11.0 Å². The van der Waals surface area contributed by atoms with Gasteiger partial charge < -0.3 is 20.7 Å². The van der Waals surface area contributed by atoms with Crippen LogP contribution in [0.5, 0.6) is 0 Å². The number of piperidine rings is 1. The number of nitrogens with zero attached hydrogens (tertiary/aromatic N) is 1. The van der Waals surface area contributed by atoms with E-state index in [1.54, 1.807) is 0 Å². The molecule has 8 heteroatoms. The zero-order chi connectivity index (χ0) is 17.5. The van der Waals surface area contributed by atoms with Crippen molar-refractivity contribution in [1.29, 1.82) is 0 Å². The second-order valence-corrected chi connectivity index (χ2v) is 7.37. The maximum atomic E-state index is 12.5. The van der Waals surface area contributed by atoms with E-state index in [-0.39, 0.29) is 24.3 Å². The van der Waals surface area contributed by atoms with Gasteiger partial charge in [-0.15, -0.1) is 11.3 Å². The molecule has 0 saturated carbocycles. The quantitative estimate of drug-likeness (QED) is 0.687. The number of ether oxygens (including phenoxy) is 1. The van der Waals surface area contributed by atoms with E-state index >= 15 is 0 Å². The van der Waals surface area contributed by atoms with Crippen LogP contribution in [0.1, 0.15) is 37.5 Å². The summed E-state index contributed by atoms with van der Waals surface area (Å²) in [5, 5.41) is 9.45. The Balaban J connectivity index is 1.96. The van der Waals surface area contributed by atoms with Crippen molar-refractivity contribution in [2.75, 3.05) is 32.1 Å². The van der Waals surface area contributed by atoms with Gasteiger partial charge in [0.15, 0.2) is 5.13 Å². The van der Waals surface area contributed by atoms with Crippen LogP contribution in [0.2, 0.25) is 0 Å². The minimum absolute atomic E-state index is 0.0327. The molecule has 2 amide bonds. The Bertz CT molecular complexity index is 555. The highest BCUT2D eigenvalue weighted by Gasteiger charge is 2.25. The summed E-state index contributed by atoms with van der Waals surface area (Å²) in [4.78, 5) is 29.7. The first-order valence-corrected chi connectivity index (χ1v) is 9.08. The van der Waals surface area contributed by atoms with E-state index < -0.39 is 6.04 Å². The Kier molecular flexibility index (Phi) is 7.14. The van der Waals surface area contributed by atoms with Gasteiger partial charge in [0.25, 0.3) is 0 Å². The van der Waals surface area contributed by atoms with Crippen molar-refractivity contribution in [2.45, 2.75) is 38.6 Å². The van der Waals surface area contributed by atoms with Gasteiger partial charge in [0.1, 0.15) is 12.6 Å². The minimum Gasteiger partial charge on any atom is -0.375 e. The average Bonchev–Trinajstić information content (AvgIpc) is 3.02. The highest BCUT2D eigenvalue weighted by Crippen LogP contribution is 2.31. The molecule has 7 nitrogen and oxygen atoms in total. The van der Waals surface area contributed by atoms with Crippen LogP contribution in [0.3, 0.4) is 0 Å². The zero-order valence-corrected chi connectivity index (χ0v) is 15.2. The first-order valence-electron chi connectivity index (χ1n) is 8.27. The van der Waals surface area contributed by atoms with Crippen LogP contribution >= 0.6 is 11.3 Å². The van der Waals surface area contributed by atoms with Gasteiger partial charge in [-0.05, 0) is 37.8 Å². The molecule has 0 spiro atoms. The highest BCUT2D eigenvalue weighted by molar-refractivity contribution is 7.15. The van der Waals surface area contributed by atoms with Crippen LogP contribution < -0.4 is 16.0 Å². The third kappa shape index (κ3) is 5.25. The summed E-state index contributed by atoms with van der Waals surface area (Å²) in [6.45, 7) is 5.75. The Labute approximate surface area is 146 Å². The largest absolute Gasteiger partial charge is 0.375 e. The van der Waals surface area contributed by atoms with Gasteiger partial charge in [-0.25, -0.2) is 4.98 Å². The summed E-state index contributed by atoms with van der Waals surface area (Å²) < 4.78 is 4.79. The van der Waals surface area contributed by atoms with Gasteiger partial charge >= 0.3 is 0 Å². The number of anilines is 1. The smallest absolute Gasteiger partial charge is 0.248 e. The van der Waals surface area contributed by atoms with Gasteiger partial charge in [-0.2, -0.15) is 0 Å². The molecule has 134 valence electrons. The molecule has 0 unspecified atom stereocenters. The number of nitrogens with one attached hydrogen (secondary N) is 3. The molecule has 1 fully saturated rings. The molecule has 1 aromatic heterocycles. The Morgan fingerprint density at radius 2 is 2.12 bits per heavy atom. The summed E-state index contributed by atoms with van der Waals surface area (Å²) in [5.74, 6) is -0.0760. The van der Waals surface area contributed by atoms with Gasteiger partial charge in [-0.3, -0.25) is 9.59 Å². The van der Waals surface area contributed by atoms with E-state index in [9.17, 15) is 9.59 Å². The van der Waals surface area contributed by atoms with Crippen LogP contribution in [-0.4, -0.2) is 49.6 Å². The summed E-state index contributed by atoms with van der Waals surface area (Å²) in [6, 6.07) is -0.612. The van der Waals surface area contributed by atoms with E-state index in [2.05, 4.69) is 20.9 Å². The fourth-order valence-corrected chi connectivity index (χ4v) is 3.69. The van der Waals surface area contributed by atoms with Crippen LogP contribution in [-0.2, 0) is 14.3 Å². The normalized spacial score (nSPS) is 16.8. The molecular formula is C16H26N4O3S. The van der Waals surface area contributed by atoms with Crippen molar-refractivity contribution in [3.8, 4) is 0 Å². The molecule has 2 rings (SSSR count). The number of thiazole rings is 1. The monoisotopic (exact) mass is 354 g/mol. The van der Waals surface area contributed by atoms with E-state index in [0.717, 1.165) is 25.9 Å². The molecule has 1 atom stereocenters. The average molecular weight is 354 g/mol. The summed E-state index contributed by atoms with van der Waals surface area (Å²) in [7, 11) is 1.45. The molecule has 1 saturated heterocycles. The van der Waals surface area contributed by atoms with Gasteiger partial charge in [0.2, 0.25) is 11.8 Å². The standard InChI is InChI=1S/C16H26N4O3S/c1-10(2)14(19-13(21)9-23-3)15(22)20-16-18-8-12(24-16)11-4-6-17-7-5-11/h8,10-11,14,17H,4-7,9H2,1-3H3,(H,19,21)(H,18,20,22)/t14-/m0/s1. The van der Waals surface area contributed by atoms with Crippen molar-refractivity contribution in [3.05, 3.63) is 11.1 Å². The first kappa shape index (κ1) is 18.8. The van der Waals surface area contributed by atoms with Crippen molar-refractivity contribution in [1.82, 2.24) is 15.6 Å². The van der Waals surface area contributed by atoms with E-state index in [1.165, 1.54) is 23.3 Å². The Hall–Kier alpha value is -1.51. The lowest BCUT2D eigenvalue weighted by Crippen LogP contribution is -2.48. The van der Waals surface area contributed by atoms with Crippen molar-refractivity contribution >= 4 is 28.3 Å². The maximum absolute atomic E-state index is 12.5. The Morgan fingerprint density at radius 1 is 1.42 bits per heavy atom. The van der Waals surface area contributed by atoms with Crippen molar-refractivity contribution in [2.24, 2.45) is 5.92 Å². The zero-order valence-electron chi connectivity index (χ0n) is 14.4. The summed E-state index contributed by atoms with van der Waals surface area (Å²) in [6.07, 6.45) is 4.04. The predicted molar refractivity (Wildman–Crippen MR) is 94.2 cm³/mol. The number of carbonyl (C=O) groups excluding carboxylic acids is 2. The molecule has 0 aromatic carbocycles.